The molecule has 4 aromatic rings. The van der Waals surface area contributed by atoms with Gasteiger partial charge in [0.25, 0.3) is 5.91 Å². The number of halogens is 1. The fraction of sp³-hybridized carbons (Fsp3) is 0.0500. The zero-order valence-corrected chi connectivity index (χ0v) is 14.3. The highest BCUT2D eigenvalue weighted by molar-refractivity contribution is 6.03. The van der Waals surface area contributed by atoms with Crippen LogP contribution in [0.15, 0.2) is 79.3 Å². The average Bonchev–Trinajstić information content (AvgIpc) is 3.35. The van der Waals surface area contributed by atoms with E-state index in [4.69, 9.17) is 0 Å². The molecule has 0 unspecified atom stereocenters. The lowest BCUT2D eigenvalue weighted by Gasteiger charge is -2.10. The van der Waals surface area contributed by atoms with Crippen molar-refractivity contribution in [2.24, 2.45) is 0 Å². The number of carbonyl (C=O) groups is 1. The molecule has 27 heavy (non-hydrogen) atoms. The summed E-state index contributed by atoms with van der Waals surface area (Å²) in [6.45, 7) is 0.543. The van der Waals surface area contributed by atoms with Gasteiger partial charge in [-0.1, -0.05) is 24.3 Å². The van der Waals surface area contributed by atoms with E-state index in [0.717, 1.165) is 5.56 Å². The summed E-state index contributed by atoms with van der Waals surface area (Å²) >= 11 is 0. The zero-order chi connectivity index (χ0) is 18.6. The van der Waals surface area contributed by atoms with E-state index in [0.29, 0.717) is 17.9 Å². The number of para-hydroxylation sites is 1. The Bertz CT molecular complexity index is 1070. The second-order valence-electron chi connectivity index (χ2n) is 5.94. The number of benzene rings is 2. The molecule has 0 aliphatic carbocycles. The quantitative estimate of drug-likeness (QED) is 0.592. The van der Waals surface area contributed by atoms with E-state index in [1.807, 2.05) is 36.5 Å². The number of anilines is 1. The van der Waals surface area contributed by atoms with Crippen molar-refractivity contribution in [1.29, 1.82) is 0 Å². The van der Waals surface area contributed by atoms with Crippen LogP contribution in [0.5, 0.6) is 0 Å². The number of nitrogens with one attached hydrogen (secondary N) is 1. The molecule has 0 fully saturated rings. The minimum atomic E-state index is -0.360. The Morgan fingerprint density at radius 2 is 1.93 bits per heavy atom. The Hall–Kier alpha value is -3.74. The standard InChI is InChI=1S/C20H16FN5O/c21-16-6-3-7-17(13-16)26-12-9-19(24-26)20(27)23-18-8-2-1-5-15(18)14-25-11-4-10-22-25/h1-13H,14H2,(H,23,27). The molecule has 1 N–H and O–H groups in total. The van der Waals surface area contributed by atoms with Crippen molar-refractivity contribution in [2.45, 2.75) is 6.54 Å². The van der Waals surface area contributed by atoms with Crippen LogP contribution in [0.4, 0.5) is 10.1 Å². The van der Waals surface area contributed by atoms with E-state index < -0.39 is 0 Å². The van der Waals surface area contributed by atoms with Crippen molar-refractivity contribution in [1.82, 2.24) is 19.6 Å². The van der Waals surface area contributed by atoms with Gasteiger partial charge in [-0.25, -0.2) is 9.07 Å². The lowest BCUT2D eigenvalue weighted by Crippen LogP contribution is -2.15. The fourth-order valence-electron chi connectivity index (χ4n) is 2.74. The summed E-state index contributed by atoms with van der Waals surface area (Å²) in [5.41, 5.74) is 2.42. The van der Waals surface area contributed by atoms with Crippen molar-refractivity contribution in [3.8, 4) is 5.69 Å². The molecule has 134 valence electrons. The van der Waals surface area contributed by atoms with Crippen molar-refractivity contribution in [2.75, 3.05) is 5.32 Å². The number of rotatable bonds is 5. The third kappa shape index (κ3) is 3.77. The van der Waals surface area contributed by atoms with Crippen LogP contribution in [-0.4, -0.2) is 25.5 Å². The molecule has 0 radical (unpaired) electrons. The Morgan fingerprint density at radius 1 is 1.04 bits per heavy atom. The zero-order valence-electron chi connectivity index (χ0n) is 14.3. The van der Waals surface area contributed by atoms with Crippen LogP contribution in [0, 0.1) is 5.82 Å². The second-order valence-corrected chi connectivity index (χ2v) is 5.94. The molecule has 4 rings (SSSR count). The molecule has 0 atom stereocenters. The lowest BCUT2D eigenvalue weighted by molar-refractivity contribution is 0.102. The van der Waals surface area contributed by atoms with E-state index in [1.165, 1.54) is 16.8 Å². The van der Waals surface area contributed by atoms with E-state index in [1.54, 1.807) is 35.3 Å². The maximum absolute atomic E-state index is 13.4. The van der Waals surface area contributed by atoms with Gasteiger partial charge in [0.2, 0.25) is 0 Å². The minimum absolute atomic E-state index is 0.244. The Morgan fingerprint density at radius 3 is 2.74 bits per heavy atom. The van der Waals surface area contributed by atoms with Gasteiger partial charge in [-0.2, -0.15) is 10.2 Å². The summed E-state index contributed by atoms with van der Waals surface area (Å²) in [6, 6.07) is 17.0. The number of nitrogens with zero attached hydrogens (tertiary/aromatic N) is 4. The Labute approximate surface area is 154 Å². The average molecular weight is 361 g/mol. The smallest absolute Gasteiger partial charge is 0.276 e. The molecular weight excluding hydrogens is 345 g/mol. The summed E-state index contributed by atoms with van der Waals surface area (Å²) in [6.07, 6.45) is 5.19. The molecule has 2 aromatic carbocycles. The first-order valence-electron chi connectivity index (χ1n) is 8.37. The molecule has 0 aliphatic rings. The van der Waals surface area contributed by atoms with E-state index in [9.17, 15) is 9.18 Å². The molecule has 0 saturated heterocycles. The number of amides is 1. The third-order valence-electron chi connectivity index (χ3n) is 4.05. The van der Waals surface area contributed by atoms with Crippen LogP contribution in [0.1, 0.15) is 16.1 Å². The van der Waals surface area contributed by atoms with Gasteiger partial charge in [-0.15, -0.1) is 0 Å². The first kappa shape index (κ1) is 16.7. The molecule has 0 saturated carbocycles. The first-order chi connectivity index (χ1) is 13.2. The monoisotopic (exact) mass is 361 g/mol. The van der Waals surface area contributed by atoms with Crippen LogP contribution >= 0.6 is 0 Å². The molecule has 7 heteroatoms. The van der Waals surface area contributed by atoms with Crippen molar-refractivity contribution >= 4 is 11.6 Å². The second kappa shape index (κ2) is 7.25. The summed E-state index contributed by atoms with van der Waals surface area (Å²) < 4.78 is 16.6. The number of carbonyl (C=O) groups excluding carboxylic acids is 1. The highest BCUT2D eigenvalue weighted by Gasteiger charge is 2.13. The van der Waals surface area contributed by atoms with Crippen LogP contribution in [0.3, 0.4) is 0 Å². The van der Waals surface area contributed by atoms with E-state index >= 15 is 0 Å². The fourth-order valence-corrected chi connectivity index (χ4v) is 2.74. The van der Waals surface area contributed by atoms with Gasteiger partial charge in [0.15, 0.2) is 5.69 Å². The van der Waals surface area contributed by atoms with E-state index in [2.05, 4.69) is 15.5 Å². The third-order valence-corrected chi connectivity index (χ3v) is 4.05. The van der Waals surface area contributed by atoms with Gasteiger partial charge in [-0.3, -0.25) is 9.48 Å². The van der Waals surface area contributed by atoms with Crippen LogP contribution in [0.25, 0.3) is 5.69 Å². The molecule has 2 aromatic heterocycles. The summed E-state index contributed by atoms with van der Waals surface area (Å²) in [4.78, 5) is 12.6. The van der Waals surface area contributed by atoms with Gasteiger partial charge in [0.05, 0.1) is 12.2 Å². The molecule has 1 amide bonds. The van der Waals surface area contributed by atoms with Gasteiger partial charge >= 0.3 is 0 Å². The number of hydrogen-bond acceptors (Lipinski definition) is 3. The number of aromatic nitrogens is 4. The molecule has 0 spiro atoms. The van der Waals surface area contributed by atoms with Crippen LogP contribution in [0.2, 0.25) is 0 Å². The maximum atomic E-state index is 13.4. The predicted octanol–water partition coefficient (Wildman–Crippen LogP) is 3.51. The Balaban J connectivity index is 1.53. The first-order valence-corrected chi connectivity index (χ1v) is 8.37. The lowest BCUT2D eigenvalue weighted by atomic mass is 10.1. The normalized spacial score (nSPS) is 10.7. The van der Waals surface area contributed by atoms with Gasteiger partial charge in [-0.05, 0) is 42.0 Å². The molecule has 6 nitrogen and oxygen atoms in total. The van der Waals surface area contributed by atoms with Gasteiger partial charge < -0.3 is 5.32 Å². The number of hydrogen-bond donors (Lipinski definition) is 1. The van der Waals surface area contributed by atoms with Crippen LogP contribution in [-0.2, 0) is 6.54 Å². The largest absolute Gasteiger partial charge is 0.320 e. The molecular formula is C20H16FN5O. The van der Waals surface area contributed by atoms with Crippen molar-refractivity contribution in [3.05, 3.63) is 96.3 Å². The van der Waals surface area contributed by atoms with Crippen molar-refractivity contribution in [3.63, 3.8) is 0 Å². The maximum Gasteiger partial charge on any atom is 0.276 e. The van der Waals surface area contributed by atoms with E-state index in [-0.39, 0.29) is 17.4 Å². The summed E-state index contributed by atoms with van der Waals surface area (Å²) in [7, 11) is 0. The highest BCUT2D eigenvalue weighted by atomic mass is 19.1. The van der Waals surface area contributed by atoms with Crippen LogP contribution < -0.4 is 5.32 Å². The topological polar surface area (TPSA) is 64.7 Å². The molecule has 0 bridgehead atoms. The summed E-state index contributed by atoms with van der Waals surface area (Å²) in [5.74, 6) is -0.695. The van der Waals surface area contributed by atoms with Gasteiger partial charge in [0, 0.05) is 24.3 Å². The SMILES string of the molecule is O=C(Nc1ccccc1Cn1cccn1)c1ccn(-c2cccc(F)c2)n1. The van der Waals surface area contributed by atoms with Gasteiger partial charge in [0.1, 0.15) is 5.82 Å². The minimum Gasteiger partial charge on any atom is -0.320 e. The molecule has 2 heterocycles. The Kier molecular flexibility index (Phi) is 4.49. The van der Waals surface area contributed by atoms with Crippen molar-refractivity contribution < 1.29 is 9.18 Å². The predicted molar refractivity (Wildman–Crippen MR) is 99.2 cm³/mol. The summed E-state index contributed by atoms with van der Waals surface area (Å²) in [5, 5.41) is 11.3. The molecule has 0 aliphatic heterocycles. The highest BCUT2D eigenvalue weighted by Crippen LogP contribution is 2.17.